The van der Waals surface area contributed by atoms with E-state index in [2.05, 4.69) is 30.3 Å². The van der Waals surface area contributed by atoms with Gasteiger partial charge in [-0.05, 0) is 5.56 Å². The lowest BCUT2D eigenvalue weighted by Gasteiger charge is -2.50. The van der Waals surface area contributed by atoms with Crippen molar-refractivity contribution in [2.45, 2.75) is 11.0 Å². The fraction of sp³-hybridized carbons (Fsp3) is 0.625. The van der Waals surface area contributed by atoms with Crippen LogP contribution in [0.2, 0.25) is 0 Å². The first kappa shape index (κ1) is 10.8. The first-order chi connectivity index (χ1) is 9.32. The Hall–Kier alpha value is -0.900. The summed E-state index contributed by atoms with van der Waals surface area (Å²) >= 11 is 0. The van der Waals surface area contributed by atoms with Crippen molar-refractivity contribution in [3.63, 3.8) is 0 Å². The maximum atomic E-state index is 6.16. The van der Waals surface area contributed by atoms with Crippen molar-refractivity contribution in [2.75, 3.05) is 45.9 Å². The number of piperidine rings is 2. The van der Waals surface area contributed by atoms with Gasteiger partial charge in [0.2, 0.25) is 0 Å². The third-order valence-corrected chi connectivity index (χ3v) is 6.26. The number of fused-ring (bicyclic) bond motifs is 1. The molecule has 5 heterocycles. The summed E-state index contributed by atoms with van der Waals surface area (Å²) in [4.78, 5) is 3.64. The Morgan fingerprint density at radius 3 is 2.21 bits per heavy atom. The van der Waals surface area contributed by atoms with Crippen molar-refractivity contribution < 1.29 is 14.5 Å². The van der Waals surface area contributed by atoms with Crippen molar-refractivity contribution in [3.05, 3.63) is 35.9 Å². The van der Waals surface area contributed by atoms with E-state index in [1.807, 2.05) is 9.80 Å². The summed E-state index contributed by atoms with van der Waals surface area (Å²) in [5.41, 5.74) is 2.02. The first-order valence-electron chi connectivity index (χ1n) is 7.69. The maximum Gasteiger partial charge on any atom is 0.127 e. The minimum Gasteiger partial charge on any atom is -0.367 e. The molecule has 3 heteroatoms. The van der Waals surface area contributed by atoms with Crippen LogP contribution in [0.15, 0.2) is 30.3 Å². The highest BCUT2D eigenvalue weighted by atomic mass is 16.6. The standard InChI is InChI=1S/C16H20N2O/c1-2-4-13(5-3-1)15-10-17-6-7-18(11-15)9-14(8-17)16(15)12-19-16/h1-5,14H,6-12H2/p+2/t14?,15?,16-/m0/s1. The third kappa shape index (κ3) is 1.24. The summed E-state index contributed by atoms with van der Waals surface area (Å²) in [5, 5.41) is 0. The molecule has 3 atom stereocenters. The summed E-state index contributed by atoms with van der Waals surface area (Å²) in [6.45, 7) is 8.99. The molecule has 0 saturated carbocycles. The molecule has 5 fully saturated rings. The minimum absolute atomic E-state index is 0.200. The van der Waals surface area contributed by atoms with Crippen LogP contribution in [0.4, 0.5) is 0 Å². The van der Waals surface area contributed by atoms with Gasteiger partial charge in [-0.15, -0.1) is 0 Å². The van der Waals surface area contributed by atoms with E-state index in [4.69, 9.17) is 4.74 Å². The molecule has 2 unspecified atom stereocenters. The molecule has 4 bridgehead atoms. The monoisotopic (exact) mass is 258 g/mol. The summed E-state index contributed by atoms with van der Waals surface area (Å²) in [6.07, 6.45) is 0. The molecule has 5 aliphatic rings. The SMILES string of the molecule is c1ccc(C23C[NH+]4CC[NH+](CC(C4)[C@@]24CO4)C3)cc1. The molecule has 0 aliphatic carbocycles. The molecular formula is C16H22N2O+2. The van der Waals surface area contributed by atoms with Gasteiger partial charge in [0, 0.05) is 0 Å². The topological polar surface area (TPSA) is 21.4 Å². The van der Waals surface area contributed by atoms with E-state index in [0.717, 1.165) is 12.5 Å². The average molecular weight is 258 g/mol. The smallest absolute Gasteiger partial charge is 0.127 e. The van der Waals surface area contributed by atoms with E-state index in [0.29, 0.717) is 0 Å². The van der Waals surface area contributed by atoms with E-state index < -0.39 is 0 Å². The molecule has 0 amide bonds. The maximum absolute atomic E-state index is 6.16. The number of hydrogen-bond acceptors (Lipinski definition) is 1. The number of quaternary nitrogens is 2. The van der Waals surface area contributed by atoms with Crippen molar-refractivity contribution in [1.29, 1.82) is 0 Å². The van der Waals surface area contributed by atoms with Crippen molar-refractivity contribution in [2.24, 2.45) is 5.92 Å². The number of ether oxygens (including phenoxy) is 1. The molecule has 0 aromatic heterocycles. The zero-order chi connectivity index (χ0) is 12.5. The lowest BCUT2D eigenvalue weighted by molar-refractivity contribution is -0.918. The summed E-state index contributed by atoms with van der Waals surface area (Å²) in [5.74, 6) is 0.780. The Labute approximate surface area is 114 Å². The molecule has 0 radical (unpaired) electrons. The molecule has 5 aliphatic heterocycles. The highest BCUT2D eigenvalue weighted by molar-refractivity contribution is 5.36. The second kappa shape index (κ2) is 3.40. The number of rotatable bonds is 1. The van der Waals surface area contributed by atoms with E-state index >= 15 is 0 Å². The predicted octanol–water partition coefficient (Wildman–Crippen LogP) is -1.88. The van der Waals surface area contributed by atoms with Crippen LogP contribution in [0.3, 0.4) is 0 Å². The normalized spacial score (nSPS) is 50.4. The van der Waals surface area contributed by atoms with Gasteiger partial charge in [0.05, 0.1) is 38.7 Å². The number of hydrogen-bond donors (Lipinski definition) is 2. The molecule has 19 heavy (non-hydrogen) atoms. The van der Waals surface area contributed by atoms with Gasteiger partial charge < -0.3 is 14.5 Å². The van der Waals surface area contributed by atoms with Gasteiger partial charge in [0.25, 0.3) is 0 Å². The zero-order valence-electron chi connectivity index (χ0n) is 11.3. The van der Waals surface area contributed by atoms with Crippen LogP contribution in [0, 0.1) is 5.92 Å². The lowest BCUT2D eigenvalue weighted by Crippen LogP contribution is -3.18. The molecular weight excluding hydrogens is 236 g/mol. The quantitative estimate of drug-likeness (QED) is 0.566. The van der Waals surface area contributed by atoms with Gasteiger partial charge in [-0.25, -0.2) is 0 Å². The average Bonchev–Trinajstić information content (AvgIpc) is 3.21. The molecule has 5 saturated heterocycles. The van der Waals surface area contributed by atoms with Gasteiger partial charge >= 0.3 is 0 Å². The number of benzene rings is 1. The van der Waals surface area contributed by atoms with Gasteiger partial charge in [-0.3, -0.25) is 0 Å². The molecule has 100 valence electrons. The van der Waals surface area contributed by atoms with Gasteiger partial charge in [0.1, 0.15) is 24.1 Å². The van der Waals surface area contributed by atoms with Crippen LogP contribution < -0.4 is 9.80 Å². The Kier molecular flexibility index (Phi) is 1.94. The van der Waals surface area contributed by atoms with E-state index in [1.54, 1.807) is 0 Å². The zero-order valence-corrected chi connectivity index (χ0v) is 11.3. The fourth-order valence-corrected chi connectivity index (χ4v) is 5.38. The van der Waals surface area contributed by atoms with E-state index in [-0.39, 0.29) is 11.0 Å². The molecule has 1 aromatic rings. The molecule has 1 aromatic carbocycles. The van der Waals surface area contributed by atoms with Crippen molar-refractivity contribution in [3.8, 4) is 0 Å². The Morgan fingerprint density at radius 1 is 1.00 bits per heavy atom. The molecule has 3 nitrogen and oxygen atoms in total. The van der Waals surface area contributed by atoms with Crippen LogP contribution in [0.1, 0.15) is 5.56 Å². The summed E-state index contributed by atoms with van der Waals surface area (Å²) in [7, 11) is 0. The Bertz CT molecular complexity index is 495. The Balaban J connectivity index is 1.71. The summed E-state index contributed by atoms with van der Waals surface area (Å²) in [6, 6.07) is 11.2. The summed E-state index contributed by atoms with van der Waals surface area (Å²) < 4.78 is 6.16. The highest BCUT2D eigenvalue weighted by Gasteiger charge is 2.75. The van der Waals surface area contributed by atoms with E-state index in [9.17, 15) is 0 Å². The van der Waals surface area contributed by atoms with Crippen molar-refractivity contribution in [1.82, 2.24) is 0 Å². The minimum atomic E-state index is 0.200. The van der Waals surface area contributed by atoms with Crippen LogP contribution >= 0.6 is 0 Å². The van der Waals surface area contributed by atoms with Crippen LogP contribution in [-0.2, 0) is 10.2 Å². The first-order valence-corrected chi connectivity index (χ1v) is 7.69. The largest absolute Gasteiger partial charge is 0.367 e. The van der Waals surface area contributed by atoms with Crippen molar-refractivity contribution >= 4 is 0 Å². The number of epoxide rings is 1. The fourth-order valence-electron chi connectivity index (χ4n) is 5.38. The van der Waals surface area contributed by atoms with Gasteiger partial charge in [0.15, 0.2) is 0 Å². The second-order valence-electron chi connectivity index (χ2n) is 7.09. The van der Waals surface area contributed by atoms with E-state index in [1.165, 1.54) is 44.8 Å². The molecule has 1 spiro atoms. The predicted molar refractivity (Wildman–Crippen MR) is 71.4 cm³/mol. The lowest BCUT2D eigenvalue weighted by atomic mass is 9.60. The van der Waals surface area contributed by atoms with Crippen LogP contribution in [-0.4, -0.2) is 51.5 Å². The highest BCUT2D eigenvalue weighted by Crippen LogP contribution is 2.52. The molecule has 2 N–H and O–H groups in total. The van der Waals surface area contributed by atoms with Crippen LogP contribution in [0.25, 0.3) is 0 Å². The van der Waals surface area contributed by atoms with Gasteiger partial charge in [-0.2, -0.15) is 0 Å². The molecule has 6 rings (SSSR count). The third-order valence-electron chi connectivity index (χ3n) is 6.26. The second-order valence-corrected chi connectivity index (χ2v) is 7.09. The number of nitrogens with one attached hydrogen (secondary N) is 2. The van der Waals surface area contributed by atoms with Gasteiger partial charge in [-0.1, -0.05) is 30.3 Å². The Morgan fingerprint density at radius 2 is 1.63 bits per heavy atom. The van der Waals surface area contributed by atoms with Crippen LogP contribution in [0.5, 0.6) is 0 Å².